The van der Waals surface area contributed by atoms with Crippen molar-refractivity contribution in [2.45, 2.75) is 12.5 Å². The Labute approximate surface area is 168 Å². The van der Waals surface area contributed by atoms with Crippen LogP contribution < -0.4 is 4.90 Å². The molecular formula is C19H23N3O4S2. The highest BCUT2D eigenvalue weighted by atomic mass is 32.2. The molecule has 2 aliphatic rings. The van der Waals surface area contributed by atoms with Gasteiger partial charge in [0.15, 0.2) is 9.84 Å². The summed E-state index contributed by atoms with van der Waals surface area (Å²) in [6.45, 7) is 2.87. The lowest BCUT2D eigenvalue weighted by Crippen LogP contribution is -2.37. The van der Waals surface area contributed by atoms with E-state index >= 15 is 0 Å². The lowest BCUT2D eigenvalue weighted by atomic mass is 10.1. The van der Waals surface area contributed by atoms with Gasteiger partial charge < -0.3 is 14.5 Å². The molecular weight excluding hydrogens is 398 g/mol. The van der Waals surface area contributed by atoms with Crippen LogP contribution >= 0.6 is 11.3 Å². The molecule has 150 valence electrons. The number of ether oxygens (including phenoxy) is 1. The molecule has 0 saturated carbocycles. The van der Waals surface area contributed by atoms with Gasteiger partial charge in [0, 0.05) is 49.7 Å². The number of morpholine rings is 1. The van der Waals surface area contributed by atoms with Gasteiger partial charge in [0.2, 0.25) is 0 Å². The van der Waals surface area contributed by atoms with Gasteiger partial charge in [-0.05, 0) is 18.6 Å². The van der Waals surface area contributed by atoms with Gasteiger partial charge in [0.05, 0.1) is 34.6 Å². The minimum Gasteiger partial charge on any atom is -0.378 e. The summed E-state index contributed by atoms with van der Waals surface area (Å²) < 4.78 is 29.1. The molecule has 0 aliphatic carbocycles. The summed E-state index contributed by atoms with van der Waals surface area (Å²) in [5.41, 5.74) is 1.95. The lowest BCUT2D eigenvalue weighted by Gasteiger charge is -2.28. The first kappa shape index (κ1) is 19.4. The van der Waals surface area contributed by atoms with Crippen molar-refractivity contribution in [3.8, 4) is 11.1 Å². The number of carbonyl (C=O) groups excluding carboxylic acids is 1. The summed E-state index contributed by atoms with van der Waals surface area (Å²) in [6.07, 6.45) is 4.03. The van der Waals surface area contributed by atoms with Gasteiger partial charge in [-0.3, -0.25) is 9.78 Å². The maximum atomic E-state index is 13.1. The number of pyridine rings is 1. The van der Waals surface area contributed by atoms with Crippen molar-refractivity contribution in [1.29, 1.82) is 0 Å². The van der Waals surface area contributed by atoms with E-state index in [4.69, 9.17) is 4.74 Å². The summed E-state index contributed by atoms with van der Waals surface area (Å²) >= 11 is 1.46. The predicted octanol–water partition coefficient (Wildman–Crippen LogP) is 1.91. The third kappa shape index (κ3) is 3.92. The Kier molecular flexibility index (Phi) is 5.39. The summed E-state index contributed by atoms with van der Waals surface area (Å²) in [5, 5.41) is 1.03. The zero-order valence-electron chi connectivity index (χ0n) is 15.7. The standard InChI is InChI=1S/C19H23N3O4S2/c1-21(15-4-10-28(24,25)13-15)18(23)17-11-16(14-3-2-5-20-12-14)19(27-17)22-6-8-26-9-7-22/h2-3,5,11-12,15H,4,6-10,13H2,1H3. The Balaban J connectivity index is 1.65. The molecule has 7 nitrogen and oxygen atoms in total. The second-order valence-electron chi connectivity index (χ2n) is 7.14. The summed E-state index contributed by atoms with van der Waals surface area (Å²) in [5.74, 6) is 0.0725. The van der Waals surface area contributed by atoms with Crippen molar-refractivity contribution in [2.75, 3.05) is 49.8 Å². The average Bonchev–Trinajstić information content (AvgIpc) is 3.32. The van der Waals surface area contributed by atoms with Gasteiger partial charge >= 0.3 is 0 Å². The van der Waals surface area contributed by atoms with E-state index in [1.54, 1.807) is 24.3 Å². The zero-order chi connectivity index (χ0) is 19.7. The van der Waals surface area contributed by atoms with Gasteiger partial charge in [-0.25, -0.2) is 8.42 Å². The summed E-state index contributed by atoms with van der Waals surface area (Å²) in [7, 11) is -1.34. The van der Waals surface area contributed by atoms with Gasteiger partial charge in [-0.15, -0.1) is 11.3 Å². The molecule has 1 unspecified atom stereocenters. The van der Waals surface area contributed by atoms with Crippen molar-refractivity contribution in [1.82, 2.24) is 9.88 Å². The number of amides is 1. The molecule has 0 radical (unpaired) electrons. The van der Waals surface area contributed by atoms with Gasteiger partial charge in [-0.1, -0.05) is 6.07 Å². The van der Waals surface area contributed by atoms with Gasteiger partial charge in [0.25, 0.3) is 5.91 Å². The molecule has 0 spiro atoms. The Hall–Kier alpha value is -1.97. The maximum Gasteiger partial charge on any atom is 0.264 e. The van der Waals surface area contributed by atoms with Crippen molar-refractivity contribution in [2.24, 2.45) is 0 Å². The van der Waals surface area contributed by atoms with E-state index in [0.29, 0.717) is 24.5 Å². The minimum atomic E-state index is -3.04. The molecule has 2 aromatic rings. The quantitative estimate of drug-likeness (QED) is 0.750. The number of nitrogens with zero attached hydrogens (tertiary/aromatic N) is 3. The topological polar surface area (TPSA) is 79.8 Å². The van der Waals surface area contributed by atoms with Crippen LogP contribution in [-0.4, -0.2) is 75.1 Å². The summed E-state index contributed by atoms with van der Waals surface area (Å²) in [6, 6.07) is 5.52. The van der Waals surface area contributed by atoms with Crippen molar-refractivity contribution in [3.05, 3.63) is 35.5 Å². The number of hydrogen-bond donors (Lipinski definition) is 0. The van der Waals surface area contributed by atoms with E-state index in [1.807, 2.05) is 18.2 Å². The molecule has 2 saturated heterocycles. The van der Waals surface area contributed by atoms with Crippen molar-refractivity contribution >= 4 is 32.1 Å². The van der Waals surface area contributed by atoms with Crippen molar-refractivity contribution in [3.63, 3.8) is 0 Å². The number of anilines is 1. The summed E-state index contributed by atoms with van der Waals surface area (Å²) in [4.78, 5) is 21.8. The van der Waals surface area contributed by atoms with E-state index in [-0.39, 0.29) is 23.5 Å². The number of rotatable bonds is 4. The fourth-order valence-corrected chi connectivity index (χ4v) is 6.63. The van der Waals surface area contributed by atoms with Crippen molar-refractivity contribution < 1.29 is 17.9 Å². The molecule has 1 atom stereocenters. The third-order valence-electron chi connectivity index (χ3n) is 5.27. The van der Waals surface area contributed by atoms with E-state index in [0.717, 1.165) is 29.2 Å². The Bertz CT molecular complexity index is 953. The Morgan fingerprint density at radius 2 is 2.14 bits per heavy atom. The lowest BCUT2D eigenvalue weighted by molar-refractivity contribution is 0.0752. The molecule has 4 rings (SSSR count). The van der Waals surface area contributed by atoms with Gasteiger partial charge in [-0.2, -0.15) is 0 Å². The van der Waals surface area contributed by atoms with Crippen LogP contribution in [0, 0.1) is 0 Å². The Morgan fingerprint density at radius 3 is 2.79 bits per heavy atom. The van der Waals surface area contributed by atoms with Crippen LogP contribution in [0.3, 0.4) is 0 Å². The first-order chi connectivity index (χ1) is 13.4. The second kappa shape index (κ2) is 7.81. The van der Waals surface area contributed by atoms with Crippen LogP contribution in [0.15, 0.2) is 30.6 Å². The molecule has 28 heavy (non-hydrogen) atoms. The monoisotopic (exact) mass is 421 g/mol. The second-order valence-corrected chi connectivity index (χ2v) is 10.4. The molecule has 0 aromatic carbocycles. The largest absolute Gasteiger partial charge is 0.378 e. The Morgan fingerprint density at radius 1 is 1.36 bits per heavy atom. The molecule has 0 bridgehead atoms. The normalized spacial score (nSPS) is 21.6. The average molecular weight is 422 g/mol. The van der Waals surface area contributed by atoms with Crippen LogP contribution in [0.25, 0.3) is 11.1 Å². The molecule has 2 aliphatic heterocycles. The van der Waals surface area contributed by atoms with Crippen LogP contribution in [0.5, 0.6) is 0 Å². The maximum absolute atomic E-state index is 13.1. The number of aromatic nitrogens is 1. The first-order valence-electron chi connectivity index (χ1n) is 9.29. The molecule has 2 fully saturated rings. The molecule has 4 heterocycles. The highest BCUT2D eigenvalue weighted by Crippen LogP contribution is 2.39. The fraction of sp³-hybridized carbons (Fsp3) is 0.474. The molecule has 1 amide bonds. The predicted molar refractivity (Wildman–Crippen MR) is 110 cm³/mol. The van der Waals surface area contributed by atoms with E-state index in [9.17, 15) is 13.2 Å². The molecule has 2 aromatic heterocycles. The highest BCUT2D eigenvalue weighted by molar-refractivity contribution is 7.91. The fourth-order valence-electron chi connectivity index (χ4n) is 3.64. The number of carbonyl (C=O) groups is 1. The van der Waals surface area contributed by atoms with Crippen LogP contribution in [-0.2, 0) is 14.6 Å². The van der Waals surface area contributed by atoms with Crippen LogP contribution in [0.1, 0.15) is 16.1 Å². The SMILES string of the molecule is CN(C(=O)c1cc(-c2cccnc2)c(N2CCOCC2)s1)C1CCS(=O)(=O)C1. The van der Waals surface area contributed by atoms with Gasteiger partial charge in [0.1, 0.15) is 0 Å². The third-order valence-corrected chi connectivity index (χ3v) is 8.20. The molecule has 0 N–H and O–H groups in total. The first-order valence-corrected chi connectivity index (χ1v) is 11.9. The van der Waals surface area contributed by atoms with E-state index < -0.39 is 9.84 Å². The number of thiophene rings is 1. The van der Waals surface area contributed by atoms with E-state index in [2.05, 4.69) is 9.88 Å². The van der Waals surface area contributed by atoms with Crippen LogP contribution in [0.4, 0.5) is 5.00 Å². The highest BCUT2D eigenvalue weighted by Gasteiger charge is 2.34. The molecule has 9 heteroatoms. The van der Waals surface area contributed by atoms with Crippen LogP contribution in [0.2, 0.25) is 0 Å². The minimum absolute atomic E-state index is 0.0480. The number of hydrogen-bond acceptors (Lipinski definition) is 7. The smallest absolute Gasteiger partial charge is 0.264 e. The van der Waals surface area contributed by atoms with E-state index in [1.165, 1.54) is 11.3 Å². The zero-order valence-corrected chi connectivity index (χ0v) is 17.3. The number of sulfone groups is 1.